The third-order valence-electron chi connectivity index (χ3n) is 3.95. The molecule has 2 amide bonds. The van der Waals surface area contributed by atoms with Crippen LogP contribution in [-0.2, 0) is 9.59 Å². The summed E-state index contributed by atoms with van der Waals surface area (Å²) in [5.74, 6) is -0.882. The largest absolute Gasteiger partial charge is 0.331 e. The van der Waals surface area contributed by atoms with Crippen LogP contribution in [0.2, 0.25) is 10.0 Å². The van der Waals surface area contributed by atoms with Gasteiger partial charge in [-0.1, -0.05) is 23.2 Å². The molecule has 1 aromatic rings. The summed E-state index contributed by atoms with van der Waals surface area (Å²) in [6.07, 6.45) is 1.72. The third kappa shape index (κ3) is 2.49. The smallest absolute Gasteiger partial charge is 0.249 e. The summed E-state index contributed by atoms with van der Waals surface area (Å²) in [6.45, 7) is 0.872. The first-order valence-corrected chi connectivity index (χ1v) is 7.50. The molecule has 4 nitrogen and oxygen atoms in total. The molecule has 2 saturated heterocycles. The Morgan fingerprint density at radius 3 is 2.48 bits per heavy atom. The zero-order valence-electron chi connectivity index (χ0n) is 11.1. The number of halogens is 3. The number of anilines is 1. The highest BCUT2D eigenvalue weighted by Gasteiger charge is 2.39. The van der Waals surface area contributed by atoms with Crippen LogP contribution in [0.3, 0.4) is 0 Å². The standard InChI is InChI=1S/C14H13Cl2FN2O2/c15-9-6-8(7-10(16)13(9)17)18-5-3-12(20)19-4-1-2-11(19)14(18)21/h6-7,11H,1-5H2. The molecule has 7 heteroatoms. The fraction of sp³-hybridized carbons (Fsp3) is 0.429. The number of amides is 2. The van der Waals surface area contributed by atoms with Gasteiger partial charge in [0.15, 0.2) is 5.82 Å². The van der Waals surface area contributed by atoms with Gasteiger partial charge in [-0.3, -0.25) is 9.59 Å². The molecule has 1 unspecified atom stereocenters. The minimum Gasteiger partial charge on any atom is -0.331 e. The van der Waals surface area contributed by atoms with Crippen molar-refractivity contribution in [1.29, 1.82) is 0 Å². The van der Waals surface area contributed by atoms with Gasteiger partial charge in [0.1, 0.15) is 6.04 Å². The number of carbonyl (C=O) groups excluding carboxylic acids is 2. The van der Waals surface area contributed by atoms with Gasteiger partial charge in [-0.15, -0.1) is 0 Å². The molecule has 2 aliphatic heterocycles. The Kier molecular flexibility index (Phi) is 3.80. The minimum atomic E-state index is -0.706. The van der Waals surface area contributed by atoms with Crippen LogP contribution in [0, 0.1) is 5.82 Å². The molecule has 2 aliphatic rings. The SMILES string of the molecule is O=C1C2CCCN2C(=O)CCN1c1cc(Cl)c(F)c(Cl)c1. The van der Waals surface area contributed by atoms with E-state index in [1.165, 1.54) is 17.0 Å². The van der Waals surface area contributed by atoms with Gasteiger partial charge < -0.3 is 9.80 Å². The molecule has 1 aromatic carbocycles. The molecular formula is C14H13Cl2FN2O2. The van der Waals surface area contributed by atoms with E-state index in [9.17, 15) is 14.0 Å². The number of rotatable bonds is 1. The Morgan fingerprint density at radius 1 is 1.14 bits per heavy atom. The molecule has 0 saturated carbocycles. The van der Waals surface area contributed by atoms with Crippen molar-refractivity contribution in [3.05, 3.63) is 28.0 Å². The van der Waals surface area contributed by atoms with Crippen molar-refractivity contribution in [3.8, 4) is 0 Å². The monoisotopic (exact) mass is 330 g/mol. The van der Waals surface area contributed by atoms with E-state index in [0.29, 0.717) is 18.7 Å². The Bertz CT molecular complexity index is 600. The minimum absolute atomic E-state index is 0.0207. The van der Waals surface area contributed by atoms with Crippen LogP contribution in [0.5, 0.6) is 0 Å². The van der Waals surface area contributed by atoms with Crippen molar-refractivity contribution >= 4 is 40.7 Å². The van der Waals surface area contributed by atoms with Gasteiger partial charge in [0.25, 0.3) is 0 Å². The van der Waals surface area contributed by atoms with Crippen LogP contribution in [0.1, 0.15) is 19.3 Å². The van der Waals surface area contributed by atoms with Gasteiger partial charge in [-0.25, -0.2) is 4.39 Å². The summed E-state index contributed by atoms with van der Waals surface area (Å²) in [5, 5.41) is -0.270. The van der Waals surface area contributed by atoms with E-state index in [-0.39, 0.29) is 34.8 Å². The van der Waals surface area contributed by atoms with E-state index in [2.05, 4.69) is 0 Å². The Balaban J connectivity index is 1.98. The van der Waals surface area contributed by atoms with E-state index < -0.39 is 11.9 Å². The number of nitrogens with zero attached hydrogens (tertiary/aromatic N) is 2. The van der Waals surface area contributed by atoms with Crippen molar-refractivity contribution < 1.29 is 14.0 Å². The second-order valence-corrected chi connectivity index (χ2v) is 6.02. The van der Waals surface area contributed by atoms with E-state index in [1.807, 2.05) is 0 Å². The van der Waals surface area contributed by atoms with Gasteiger partial charge in [-0.05, 0) is 25.0 Å². The average Bonchev–Trinajstić information content (AvgIpc) is 2.89. The van der Waals surface area contributed by atoms with Crippen LogP contribution >= 0.6 is 23.2 Å². The number of hydrogen-bond donors (Lipinski definition) is 0. The Hall–Kier alpha value is -1.33. The zero-order valence-corrected chi connectivity index (χ0v) is 12.6. The second-order valence-electron chi connectivity index (χ2n) is 5.21. The molecule has 0 aromatic heterocycles. The number of hydrogen-bond acceptors (Lipinski definition) is 2. The number of carbonyl (C=O) groups is 2. The highest BCUT2D eigenvalue weighted by atomic mass is 35.5. The summed E-state index contributed by atoms with van der Waals surface area (Å²) in [4.78, 5) is 27.8. The molecular weight excluding hydrogens is 318 g/mol. The van der Waals surface area contributed by atoms with E-state index in [1.54, 1.807) is 4.90 Å². The van der Waals surface area contributed by atoms with Crippen molar-refractivity contribution in [3.63, 3.8) is 0 Å². The predicted molar refractivity (Wildman–Crippen MR) is 78.1 cm³/mol. The maximum Gasteiger partial charge on any atom is 0.249 e. The van der Waals surface area contributed by atoms with Crippen molar-refractivity contribution in [2.24, 2.45) is 0 Å². The summed E-state index contributed by atoms with van der Waals surface area (Å²) >= 11 is 11.6. The third-order valence-corrected chi connectivity index (χ3v) is 4.50. The molecule has 1 atom stereocenters. The van der Waals surface area contributed by atoms with Gasteiger partial charge in [0.2, 0.25) is 11.8 Å². The molecule has 2 fully saturated rings. The summed E-state index contributed by atoms with van der Waals surface area (Å²) < 4.78 is 13.5. The molecule has 0 N–H and O–H groups in total. The maximum absolute atomic E-state index is 13.5. The van der Waals surface area contributed by atoms with Crippen LogP contribution in [0.4, 0.5) is 10.1 Å². The number of benzene rings is 1. The van der Waals surface area contributed by atoms with Crippen LogP contribution < -0.4 is 4.90 Å². The number of fused-ring (bicyclic) bond motifs is 1. The molecule has 0 aliphatic carbocycles. The van der Waals surface area contributed by atoms with Gasteiger partial charge in [0.05, 0.1) is 10.0 Å². The summed E-state index contributed by atoms with van der Waals surface area (Å²) in [6, 6.07) is 2.31. The average molecular weight is 331 g/mol. The van der Waals surface area contributed by atoms with Crippen molar-refractivity contribution in [1.82, 2.24) is 4.90 Å². The fourth-order valence-electron chi connectivity index (χ4n) is 2.92. The van der Waals surface area contributed by atoms with Crippen LogP contribution in [0.25, 0.3) is 0 Å². The van der Waals surface area contributed by atoms with Crippen molar-refractivity contribution in [2.75, 3.05) is 18.0 Å². The fourth-order valence-corrected chi connectivity index (χ4v) is 3.39. The van der Waals surface area contributed by atoms with Gasteiger partial charge in [-0.2, -0.15) is 0 Å². The summed E-state index contributed by atoms with van der Waals surface area (Å²) in [5.41, 5.74) is 0.429. The molecule has 2 heterocycles. The highest BCUT2D eigenvalue weighted by molar-refractivity contribution is 6.35. The molecule has 21 heavy (non-hydrogen) atoms. The predicted octanol–water partition coefficient (Wildman–Crippen LogP) is 2.86. The molecule has 3 rings (SSSR count). The van der Waals surface area contributed by atoms with Gasteiger partial charge >= 0.3 is 0 Å². The lowest BCUT2D eigenvalue weighted by Crippen LogP contribution is -2.43. The Morgan fingerprint density at radius 2 is 1.81 bits per heavy atom. The molecule has 0 spiro atoms. The normalized spacial score (nSPS) is 22.5. The molecule has 0 bridgehead atoms. The summed E-state index contributed by atoms with van der Waals surface area (Å²) in [7, 11) is 0. The highest BCUT2D eigenvalue weighted by Crippen LogP contribution is 2.32. The topological polar surface area (TPSA) is 40.6 Å². The van der Waals surface area contributed by atoms with Gasteiger partial charge in [0, 0.05) is 25.2 Å². The first-order valence-electron chi connectivity index (χ1n) is 6.74. The second kappa shape index (κ2) is 5.46. The lowest BCUT2D eigenvalue weighted by Gasteiger charge is -2.25. The van der Waals surface area contributed by atoms with E-state index in [4.69, 9.17) is 23.2 Å². The van der Waals surface area contributed by atoms with Crippen LogP contribution in [-0.4, -0.2) is 35.8 Å². The van der Waals surface area contributed by atoms with E-state index in [0.717, 1.165) is 6.42 Å². The maximum atomic E-state index is 13.5. The van der Waals surface area contributed by atoms with E-state index >= 15 is 0 Å². The van der Waals surface area contributed by atoms with Crippen molar-refractivity contribution in [2.45, 2.75) is 25.3 Å². The Labute approximate surface area is 131 Å². The lowest BCUT2D eigenvalue weighted by atomic mass is 10.2. The van der Waals surface area contributed by atoms with Crippen LogP contribution in [0.15, 0.2) is 12.1 Å². The molecule has 112 valence electrons. The zero-order chi connectivity index (χ0) is 15.1. The first kappa shape index (κ1) is 14.6. The first-order chi connectivity index (χ1) is 9.99. The quantitative estimate of drug-likeness (QED) is 0.743. The lowest BCUT2D eigenvalue weighted by molar-refractivity contribution is -0.135. The molecule has 0 radical (unpaired) electrons.